The third-order valence-corrected chi connectivity index (χ3v) is 9.39. The van der Waals surface area contributed by atoms with E-state index in [9.17, 15) is 19.2 Å². The molecule has 4 fully saturated rings. The minimum absolute atomic E-state index is 0.0410. The molecule has 7 nitrogen and oxygen atoms in total. The molecule has 0 amide bonds. The molecule has 0 aromatic carbocycles. The average molecular weight is 461 g/mol. The van der Waals surface area contributed by atoms with Gasteiger partial charge in [0.1, 0.15) is 23.7 Å². The molecule has 8 atom stereocenters. The van der Waals surface area contributed by atoms with Crippen LogP contribution in [0.4, 0.5) is 0 Å². The molecule has 0 heterocycles. The summed E-state index contributed by atoms with van der Waals surface area (Å²) in [4.78, 5) is 50.6. The Balaban J connectivity index is 1.95. The van der Waals surface area contributed by atoms with Gasteiger partial charge in [0.15, 0.2) is 5.78 Å². The summed E-state index contributed by atoms with van der Waals surface area (Å²) in [5.74, 6) is -1.98. The Labute approximate surface area is 195 Å². The minimum Gasteiger partial charge on any atom is -0.462 e. The smallest absolute Gasteiger partial charge is 0.302 e. The van der Waals surface area contributed by atoms with Crippen LogP contribution in [0.3, 0.4) is 0 Å². The Morgan fingerprint density at radius 3 is 2.00 bits per heavy atom. The van der Waals surface area contributed by atoms with Crippen LogP contribution in [0, 0.1) is 34.0 Å². The van der Waals surface area contributed by atoms with E-state index in [1.807, 2.05) is 0 Å². The van der Waals surface area contributed by atoms with Crippen LogP contribution in [0.5, 0.6) is 0 Å². The minimum atomic E-state index is -1.21. The molecule has 1 spiro atoms. The summed E-state index contributed by atoms with van der Waals surface area (Å²) in [5, 5.41) is 0. The van der Waals surface area contributed by atoms with Gasteiger partial charge in [0.05, 0.1) is 0 Å². The third kappa shape index (κ3) is 3.21. The highest BCUT2D eigenvalue weighted by atomic mass is 16.6. The van der Waals surface area contributed by atoms with Gasteiger partial charge < -0.3 is 14.2 Å². The first-order valence-corrected chi connectivity index (χ1v) is 12.0. The SMILES string of the molecule is C=C1C(=O)C23C(OC(C)=O)CC4C(C)(C)CCC(OC(C)=O)C4(C)C2CCC1C3OC(C)=O. The fraction of sp³-hybridized carbons (Fsp3) is 0.769. The first-order chi connectivity index (χ1) is 15.3. The standard InChI is InChI=1S/C26H36O7/c1-13-17-8-9-18-25(7)19(24(5,6)11-10-20(25)31-14(2)27)12-21(32-15(3)28)26(18,22(13)30)23(17)33-16(4)29/h17-21,23H,1,8-12H2,2-7H3. The number of carbonyl (C=O) groups is 4. The van der Waals surface area contributed by atoms with Crippen molar-refractivity contribution in [3.8, 4) is 0 Å². The maximum atomic E-state index is 14.0. The third-order valence-electron chi connectivity index (χ3n) is 9.39. The van der Waals surface area contributed by atoms with Crippen LogP contribution in [0.25, 0.3) is 0 Å². The average Bonchev–Trinajstić information content (AvgIpc) is 2.80. The molecule has 4 rings (SSSR count). The summed E-state index contributed by atoms with van der Waals surface area (Å²) < 4.78 is 17.7. The van der Waals surface area contributed by atoms with Gasteiger partial charge in [0.25, 0.3) is 0 Å². The van der Waals surface area contributed by atoms with E-state index in [-0.39, 0.29) is 41.0 Å². The second-order valence-corrected chi connectivity index (χ2v) is 11.4. The molecular weight excluding hydrogens is 424 g/mol. The van der Waals surface area contributed by atoms with E-state index in [0.717, 1.165) is 6.42 Å². The largest absolute Gasteiger partial charge is 0.462 e. The fourth-order valence-electron chi connectivity index (χ4n) is 8.33. The number of fused-ring (bicyclic) bond motifs is 3. The quantitative estimate of drug-likeness (QED) is 0.359. The topological polar surface area (TPSA) is 96.0 Å². The van der Waals surface area contributed by atoms with Gasteiger partial charge in [-0.1, -0.05) is 27.4 Å². The van der Waals surface area contributed by atoms with Crippen molar-refractivity contribution in [1.82, 2.24) is 0 Å². The van der Waals surface area contributed by atoms with E-state index in [2.05, 4.69) is 27.4 Å². The van der Waals surface area contributed by atoms with Gasteiger partial charge in [-0.15, -0.1) is 0 Å². The molecule has 182 valence electrons. The fourth-order valence-corrected chi connectivity index (χ4v) is 8.33. The summed E-state index contributed by atoms with van der Waals surface area (Å²) in [6.45, 7) is 14.7. The number of ether oxygens (including phenoxy) is 3. The monoisotopic (exact) mass is 460 g/mol. The lowest BCUT2D eigenvalue weighted by Gasteiger charge is -2.67. The molecule has 0 aromatic rings. The molecule has 0 aromatic heterocycles. The van der Waals surface area contributed by atoms with E-state index in [4.69, 9.17) is 14.2 Å². The summed E-state index contributed by atoms with van der Waals surface area (Å²) in [5.41, 5.74) is -1.43. The van der Waals surface area contributed by atoms with E-state index >= 15 is 0 Å². The molecular formula is C26H36O7. The van der Waals surface area contributed by atoms with Crippen molar-refractivity contribution >= 4 is 23.7 Å². The molecule has 4 aliphatic rings. The van der Waals surface area contributed by atoms with Crippen LogP contribution in [-0.2, 0) is 33.4 Å². The van der Waals surface area contributed by atoms with Crippen LogP contribution in [0.1, 0.15) is 73.6 Å². The van der Waals surface area contributed by atoms with Gasteiger partial charge in [0.2, 0.25) is 0 Å². The van der Waals surface area contributed by atoms with Crippen molar-refractivity contribution in [3.05, 3.63) is 12.2 Å². The van der Waals surface area contributed by atoms with Crippen molar-refractivity contribution in [2.45, 2.75) is 92.0 Å². The Kier molecular flexibility index (Phi) is 5.57. The predicted molar refractivity (Wildman–Crippen MR) is 119 cm³/mol. The van der Waals surface area contributed by atoms with E-state index in [1.54, 1.807) is 0 Å². The van der Waals surface area contributed by atoms with E-state index < -0.39 is 35.0 Å². The predicted octanol–water partition coefficient (Wildman–Crippen LogP) is 3.78. The highest BCUT2D eigenvalue weighted by Gasteiger charge is 2.77. The molecule has 0 N–H and O–H groups in total. The van der Waals surface area contributed by atoms with Crippen LogP contribution >= 0.6 is 0 Å². The zero-order valence-corrected chi connectivity index (χ0v) is 20.6. The maximum Gasteiger partial charge on any atom is 0.302 e. The Morgan fingerprint density at radius 1 is 0.848 bits per heavy atom. The van der Waals surface area contributed by atoms with Crippen molar-refractivity contribution in [1.29, 1.82) is 0 Å². The number of Topliss-reactive ketones (excluding diaryl/α,β-unsaturated/α-hetero) is 1. The number of rotatable bonds is 3. The van der Waals surface area contributed by atoms with Crippen molar-refractivity contribution in [3.63, 3.8) is 0 Å². The number of esters is 3. The van der Waals surface area contributed by atoms with Crippen LogP contribution in [0.2, 0.25) is 0 Å². The van der Waals surface area contributed by atoms with Crippen LogP contribution in [0.15, 0.2) is 12.2 Å². The second-order valence-electron chi connectivity index (χ2n) is 11.4. The molecule has 0 radical (unpaired) electrons. The molecule has 7 heteroatoms. The van der Waals surface area contributed by atoms with Crippen molar-refractivity contribution in [2.24, 2.45) is 34.0 Å². The lowest BCUT2D eigenvalue weighted by molar-refractivity contribution is -0.262. The maximum absolute atomic E-state index is 14.0. The first kappa shape index (κ1) is 24.0. The second kappa shape index (κ2) is 7.67. The number of ketones is 1. The molecule has 4 saturated carbocycles. The molecule has 8 unspecified atom stereocenters. The molecule has 0 saturated heterocycles. The van der Waals surface area contributed by atoms with Crippen molar-refractivity contribution in [2.75, 3.05) is 0 Å². The number of carbonyl (C=O) groups excluding carboxylic acids is 4. The Bertz CT molecular complexity index is 920. The molecule has 33 heavy (non-hydrogen) atoms. The van der Waals surface area contributed by atoms with Crippen LogP contribution in [-0.4, -0.2) is 42.0 Å². The Hall–Kier alpha value is -2.18. The van der Waals surface area contributed by atoms with E-state index in [1.165, 1.54) is 20.8 Å². The van der Waals surface area contributed by atoms with E-state index in [0.29, 0.717) is 31.3 Å². The normalized spacial score (nSPS) is 43.2. The molecule has 2 bridgehead atoms. The van der Waals surface area contributed by atoms with Gasteiger partial charge in [-0.25, -0.2) is 0 Å². The summed E-state index contributed by atoms with van der Waals surface area (Å²) in [6, 6.07) is 0. The van der Waals surface area contributed by atoms with Crippen LogP contribution < -0.4 is 0 Å². The van der Waals surface area contributed by atoms with Gasteiger partial charge in [-0.2, -0.15) is 0 Å². The van der Waals surface area contributed by atoms with Gasteiger partial charge >= 0.3 is 17.9 Å². The molecule has 4 aliphatic carbocycles. The zero-order valence-electron chi connectivity index (χ0n) is 20.6. The van der Waals surface area contributed by atoms with Gasteiger partial charge in [-0.05, 0) is 54.9 Å². The Morgan fingerprint density at radius 2 is 1.42 bits per heavy atom. The lowest BCUT2D eigenvalue weighted by Crippen LogP contribution is -2.71. The first-order valence-electron chi connectivity index (χ1n) is 12.0. The summed E-state index contributed by atoms with van der Waals surface area (Å²) in [7, 11) is 0. The summed E-state index contributed by atoms with van der Waals surface area (Å²) in [6.07, 6.45) is 1.50. The molecule has 0 aliphatic heterocycles. The highest BCUT2D eigenvalue weighted by Crippen LogP contribution is 2.72. The zero-order chi connectivity index (χ0) is 24.5. The van der Waals surface area contributed by atoms with Gasteiger partial charge in [-0.3, -0.25) is 19.2 Å². The van der Waals surface area contributed by atoms with Crippen molar-refractivity contribution < 1.29 is 33.4 Å². The summed E-state index contributed by atoms with van der Waals surface area (Å²) >= 11 is 0. The lowest BCUT2D eigenvalue weighted by atomic mass is 9.39. The number of hydrogen-bond acceptors (Lipinski definition) is 7. The number of hydrogen-bond donors (Lipinski definition) is 0. The highest BCUT2D eigenvalue weighted by molar-refractivity contribution is 6.05. The van der Waals surface area contributed by atoms with Gasteiger partial charge in [0, 0.05) is 32.1 Å².